The molecular weight excluding hydrogens is 408 g/mol. The molecule has 0 spiro atoms. The average Bonchev–Trinajstić information content (AvgIpc) is 3.16. The van der Waals surface area contributed by atoms with Crippen LogP contribution in [-0.4, -0.2) is 40.9 Å². The molecule has 1 aromatic heterocycles. The number of imide groups is 1. The van der Waals surface area contributed by atoms with Crippen LogP contribution in [-0.2, 0) is 16.1 Å². The molecule has 1 aliphatic rings. The lowest BCUT2D eigenvalue weighted by molar-refractivity contribution is -0.136. The van der Waals surface area contributed by atoms with E-state index in [0.29, 0.717) is 11.3 Å². The minimum Gasteiger partial charge on any atom is -0.462 e. The number of hydrogen-bond donors (Lipinski definition) is 1. The molecule has 1 N–H and O–H groups in total. The van der Waals surface area contributed by atoms with Gasteiger partial charge in [0.05, 0.1) is 17.7 Å². The number of ether oxygens (including phenoxy) is 1. The van der Waals surface area contributed by atoms with Gasteiger partial charge in [-0.3, -0.25) is 23.9 Å². The van der Waals surface area contributed by atoms with Gasteiger partial charge in [-0.15, -0.1) is 11.3 Å². The minimum absolute atomic E-state index is 0.112. The Morgan fingerprint density at radius 3 is 2.57 bits per heavy atom. The molecule has 0 atom stereocenters. The summed E-state index contributed by atoms with van der Waals surface area (Å²) in [6.45, 7) is 3.74. The van der Waals surface area contributed by atoms with Gasteiger partial charge >= 0.3 is 5.97 Å². The van der Waals surface area contributed by atoms with Gasteiger partial charge in [-0.05, 0) is 32.0 Å². The van der Waals surface area contributed by atoms with Crippen molar-refractivity contribution in [2.45, 2.75) is 20.4 Å². The van der Waals surface area contributed by atoms with Gasteiger partial charge < -0.3 is 10.1 Å². The molecule has 154 valence electrons. The molecule has 0 saturated heterocycles. The molecule has 0 fully saturated rings. The number of anilines is 1. The van der Waals surface area contributed by atoms with Gasteiger partial charge in [0.25, 0.3) is 17.4 Å². The van der Waals surface area contributed by atoms with Crippen LogP contribution in [0.15, 0.2) is 23.0 Å². The topological polar surface area (TPSA) is 122 Å². The van der Waals surface area contributed by atoms with E-state index in [-0.39, 0.29) is 44.9 Å². The highest BCUT2D eigenvalue weighted by atomic mass is 32.1. The van der Waals surface area contributed by atoms with E-state index >= 15 is 0 Å². The zero-order chi connectivity index (χ0) is 22.0. The predicted octanol–water partition coefficient (Wildman–Crippen LogP) is 0.243. The third-order valence-electron chi connectivity index (χ3n) is 4.49. The molecule has 0 saturated carbocycles. The van der Waals surface area contributed by atoms with Gasteiger partial charge in [0, 0.05) is 25.5 Å². The summed E-state index contributed by atoms with van der Waals surface area (Å²) in [4.78, 5) is 49.9. The number of carbonyl (C=O) groups is 3. The van der Waals surface area contributed by atoms with E-state index in [1.54, 1.807) is 26.0 Å². The molecule has 10 heteroatoms. The Labute approximate surface area is 175 Å². The third-order valence-corrected chi connectivity index (χ3v) is 5.62. The van der Waals surface area contributed by atoms with Gasteiger partial charge in [-0.2, -0.15) is 5.26 Å². The molecular formula is C20H18N4O5S. The van der Waals surface area contributed by atoms with Crippen molar-refractivity contribution < 1.29 is 19.1 Å². The smallest absolute Gasteiger partial charge is 0.351 e. The van der Waals surface area contributed by atoms with E-state index in [9.17, 15) is 24.4 Å². The first kappa shape index (κ1) is 21.0. The number of rotatable bonds is 5. The van der Waals surface area contributed by atoms with Gasteiger partial charge in [0.15, 0.2) is 5.57 Å². The van der Waals surface area contributed by atoms with Crippen molar-refractivity contribution in [1.82, 2.24) is 9.47 Å². The number of hydrogen-bond acceptors (Lipinski definition) is 8. The monoisotopic (exact) mass is 426 g/mol. The van der Waals surface area contributed by atoms with Crippen molar-refractivity contribution in [3.8, 4) is 6.07 Å². The SMILES string of the molecule is CCOC(=O)C(C#N)=c1sc(=CNc2ccc3c(c2)C(=O)N(C)C3=O)c(=O)n1CC. The highest BCUT2D eigenvalue weighted by Crippen LogP contribution is 2.24. The Bertz CT molecular complexity index is 1280. The first-order valence-electron chi connectivity index (χ1n) is 9.08. The molecule has 3 rings (SSSR count). The van der Waals surface area contributed by atoms with Crippen LogP contribution in [0.25, 0.3) is 11.8 Å². The Morgan fingerprint density at radius 1 is 1.23 bits per heavy atom. The van der Waals surface area contributed by atoms with Crippen LogP contribution >= 0.6 is 11.3 Å². The van der Waals surface area contributed by atoms with Gasteiger partial charge in [-0.1, -0.05) is 0 Å². The zero-order valence-corrected chi connectivity index (χ0v) is 17.3. The van der Waals surface area contributed by atoms with E-state index in [1.165, 1.54) is 23.9 Å². The van der Waals surface area contributed by atoms with E-state index in [0.717, 1.165) is 16.2 Å². The van der Waals surface area contributed by atoms with Gasteiger partial charge in [0.1, 0.15) is 15.3 Å². The largest absolute Gasteiger partial charge is 0.462 e. The number of fused-ring (bicyclic) bond motifs is 1. The number of esters is 1. The number of carbonyl (C=O) groups excluding carboxylic acids is 3. The number of nitrogens with zero attached hydrogens (tertiary/aromatic N) is 3. The second-order valence-corrected chi connectivity index (χ2v) is 7.28. The Kier molecular flexibility index (Phi) is 5.84. The number of benzene rings is 1. The lowest BCUT2D eigenvalue weighted by atomic mass is 10.1. The van der Waals surface area contributed by atoms with Gasteiger partial charge in [-0.25, -0.2) is 4.79 Å². The fourth-order valence-electron chi connectivity index (χ4n) is 2.98. The third kappa shape index (κ3) is 3.51. The summed E-state index contributed by atoms with van der Waals surface area (Å²) in [7, 11) is 1.41. The van der Waals surface area contributed by atoms with Crippen LogP contribution in [0.1, 0.15) is 34.6 Å². The lowest BCUT2D eigenvalue weighted by Gasteiger charge is -2.02. The van der Waals surface area contributed by atoms with Crippen LogP contribution < -0.4 is 20.1 Å². The quantitative estimate of drug-likeness (QED) is 0.537. The summed E-state index contributed by atoms with van der Waals surface area (Å²) in [5.74, 6) is -1.54. The maximum Gasteiger partial charge on any atom is 0.351 e. The standard InChI is InChI=1S/C20H18N4O5S/c1-4-24-18(27)15(30-19(24)14(9-21)20(28)29-5-2)10-22-11-6-7-12-13(8-11)17(26)23(3)16(12)25/h6-8,10,22H,4-5H2,1-3H3. The molecule has 2 amide bonds. The Hall–Kier alpha value is -3.71. The number of nitriles is 1. The fourth-order valence-corrected chi connectivity index (χ4v) is 4.05. The highest BCUT2D eigenvalue weighted by molar-refractivity contribution is 7.07. The summed E-state index contributed by atoms with van der Waals surface area (Å²) in [6, 6.07) is 6.52. The molecule has 9 nitrogen and oxygen atoms in total. The van der Waals surface area contributed by atoms with Crippen LogP contribution in [0, 0.1) is 11.3 Å². The summed E-state index contributed by atoms with van der Waals surface area (Å²) in [5, 5.41) is 12.3. The maximum atomic E-state index is 12.7. The van der Waals surface area contributed by atoms with E-state index in [1.807, 2.05) is 6.07 Å². The Morgan fingerprint density at radius 2 is 1.93 bits per heavy atom. The summed E-state index contributed by atoms with van der Waals surface area (Å²) < 4.78 is 6.71. The van der Waals surface area contributed by atoms with Crippen LogP contribution in [0.3, 0.4) is 0 Å². The minimum atomic E-state index is -0.783. The number of amides is 2. The van der Waals surface area contributed by atoms with Crippen LogP contribution in [0.2, 0.25) is 0 Å². The molecule has 2 heterocycles. The average molecular weight is 426 g/mol. The molecule has 1 aliphatic heterocycles. The van der Waals surface area contributed by atoms with Crippen molar-refractivity contribution in [3.05, 3.63) is 48.9 Å². The van der Waals surface area contributed by atoms with Crippen molar-refractivity contribution in [3.63, 3.8) is 0 Å². The fraction of sp³-hybridized carbons (Fsp3) is 0.250. The molecule has 0 unspecified atom stereocenters. The van der Waals surface area contributed by atoms with Crippen molar-refractivity contribution in [2.24, 2.45) is 0 Å². The van der Waals surface area contributed by atoms with Crippen LogP contribution in [0.4, 0.5) is 5.69 Å². The normalized spacial score (nSPS) is 14.5. The molecule has 30 heavy (non-hydrogen) atoms. The predicted molar refractivity (Wildman–Crippen MR) is 110 cm³/mol. The van der Waals surface area contributed by atoms with Crippen molar-refractivity contribution >= 4 is 46.6 Å². The Balaban J connectivity index is 2.05. The van der Waals surface area contributed by atoms with Crippen molar-refractivity contribution in [1.29, 1.82) is 5.26 Å². The number of aromatic nitrogens is 1. The van der Waals surface area contributed by atoms with E-state index < -0.39 is 11.9 Å². The first-order chi connectivity index (χ1) is 14.3. The lowest BCUT2D eigenvalue weighted by Crippen LogP contribution is -2.32. The summed E-state index contributed by atoms with van der Waals surface area (Å²) >= 11 is 0.986. The first-order valence-corrected chi connectivity index (χ1v) is 9.90. The number of nitrogens with one attached hydrogen (secondary N) is 1. The zero-order valence-electron chi connectivity index (χ0n) is 16.5. The van der Waals surface area contributed by atoms with Crippen LogP contribution in [0.5, 0.6) is 0 Å². The van der Waals surface area contributed by atoms with Crippen molar-refractivity contribution in [2.75, 3.05) is 19.0 Å². The number of thiazole rings is 1. The molecule has 0 radical (unpaired) electrons. The second kappa shape index (κ2) is 8.34. The summed E-state index contributed by atoms with van der Waals surface area (Å²) in [5.41, 5.74) is 0.514. The van der Waals surface area contributed by atoms with E-state index in [4.69, 9.17) is 4.74 Å². The van der Waals surface area contributed by atoms with E-state index in [2.05, 4.69) is 5.32 Å². The maximum absolute atomic E-state index is 12.7. The summed E-state index contributed by atoms with van der Waals surface area (Å²) in [6.07, 6.45) is 1.44. The molecule has 0 bridgehead atoms. The van der Waals surface area contributed by atoms with Gasteiger partial charge in [0.2, 0.25) is 0 Å². The second-order valence-electron chi connectivity index (χ2n) is 6.25. The molecule has 1 aromatic carbocycles. The highest BCUT2D eigenvalue weighted by Gasteiger charge is 2.32. The molecule has 0 aliphatic carbocycles. The molecule has 2 aromatic rings.